The van der Waals surface area contributed by atoms with E-state index in [4.69, 9.17) is 5.73 Å². The molecule has 0 aliphatic carbocycles. The van der Waals surface area contributed by atoms with Crippen LogP contribution in [0.25, 0.3) is 0 Å². The Morgan fingerprint density at radius 1 is 1.44 bits per heavy atom. The number of halogens is 1. The van der Waals surface area contributed by atoms with Crippen LogP contribution in [0.3, 0.4) is 0 Å². The lowest BCUT2D eigenvalue weighted by Gasteiger charge is -2.08. The third-order valence-corrected chi connectivity index (χ3v) is 4.20. The molecule has 0 unspecified atom stereocenters. The minimum Gasteiger partial charge on any atom is -0.380 e. The van der Waals surface area contributed by atoms with E-state index in [1.54, 1.807) is 16.7 Å². The molecule has 0 fully saturated rings. The summed E-state index contributed by atoms with van der Waals surface area (Å²) in [6.45, 7) is 2.78. The van der Waals surface area contributed by atoms with Gasteiger partial charge in [-0.05, 0) is 53.3 Å². The van der Waals surface area contributed by atoms with Crippen LogP contribution in [0.4, 0.5) is 5.69 Å². The monoisotopic (exact) mass is 372 g/mol. The average molecular weight is 372 g/mol. The quantitative estimate of drug-likeness (QED) is 0.809. The molecular weight excluding hydrogens is 359 g/mol. The Morgan fingerprint density at radius 3 is 2.89 bits per heavy atom. The molecule has 1 heterocycles. The molecule has 0 aliphatic heterocycles. The summed E-state index contributed by atoms with van der Waals surface area (Å²) in [5.74, 6) is -0.372. The van der Waals surface area contributed by atoms with Gasteiger partial charge in [0, 0.05) is 26.1 Å². The highest BCUT2D eigenvalue weighted by Gasteiger charge is 2.05. The molecule has 94 valence electrons. The van der Waals surface area contributed by atoms with Crippen molar-refractivity contribution < 1.29 is 4.79 Å². The van der Waals surface area contributed by atoms with Crippen LogP contribution >= 0.6 is 33.9 Å². The van der Waals surface area contributed by atoms with E-state index in [0.717, 1.165) is 10.6 Å². The molecule has 3 N–H and O–H groups in total. The van der Waals surface area contributed by atoms with E-state index in [1.165, 1.54) is 9.13 Å². The van der Waals surface area contributed by atoms with Gasteiger partial charge in [-0.15, -0.1) is 11.3 Å². The van der Waals surface area contributed by atoms with E-state index in [-0.39, 0.29) is 5.91 Å². The first-order chi connectivity index (χ1) is 8.56. The zero-order valence-corrected chi connectivity index (χ0v) is 12.8. The maximum Gasteiger partial charge on any atom is 0.249 e. The van der Waals surface area contributed by atoms with Gasteiger partial charge in [-0.25, -0.2) is 0 Å². The predicted molar refractivity (Wildman–Crippen MR) is 84.1 cm³/mol. The number of anilines is 1. The van der Waals surface area contributed by atoms with E-state index in [0.29, 0.717) is 12.1 Å². The number of primary amides is 1. The fraction of sp³-hybridized carbons (Fsp3) is 0.154. The molecule has 2 rings (SSSR count). The summed E-state index contributed by atoms with van der Waals surface area (Å²) in [5, 5.41) is 5.17. The summed E-state index contributed by atoms with van der Waals surface area (Å²) in [5.41, 5.74) is 8.14. The molecule has 2 aromatic rings. The van der Waals surface area contributed by atoms with E-state index in [2.05, 4.69) is 53.0 Å². The van der Waals surface area contributed by atoms with E-state index in [9.17, 15) is 4.79 Å². The van der Waals surface area contributed by atoms with Crippen molar-refractivity contribution in [3.8, 4) is 0 Å². The van der Waals surface area contributed by atoms with E-state index >= 15 is 0 Å². The number of benzene rings is 1. The van der Waals surface area contributed by atoms with Crippen molar-refractivity contribution >= 4 is 45.5 Å². The number of hydrogen-bond acceptors (Lipinski definition) is 3. The normalized spacial score (nSPS) is 10.3. The minimum atomic E-state index is -0.372. The van der Waals surface area contributed by atoms with Gasteiger partial charge in [-0.2, -0.15) is 0 Å². The fourth-order valence-corrected chi connectivity index (χ4v) is 2.87. The highest BCUT2D eigenvalue weighted by molar-refractivity contribution is 14.1. The van der Waals surface area contributed by atoms with Crippen molar-refractivity contribution in [3.63, 3.8) is 0 Å². The predicted octanol–water partition coefficient (Wildman–Crippen LogP) is 3.37. The number of amides is 1. The van der Waals surface area contributed by atoms with Crippen molar-refractivity contribution in [2.75, 3.05) is 5.32 Å². The second-order valence-corrected chi connectivity index (χ2v) is 6.22. The molecule has 0 saturated carbocycles. The van der Waals surface area contributed by atoms with Crippen LogP contribution in [-0.4, -0.2) is 5.91 Å². The molecule has 1 amide bonds. The van der Waals surface area contributed by atoms with Gasteiger partial charge in [0.1, 0.15) is 0 Å². The van der Waals surface area contributed by atoms with Crippen LogP contribution in [0, 0.1) is 10.5 Å². The smallest absolute Gasteiger partial charge is 0.249 e. The second-order valence-electron chi connectivity index (χ2n) is 3.98. The van der Waals surface area contributed by atoms with Gasteiger partial charge in [0.05, 0.1) is 5.56 Å². The maximum absolute atomic E-state index is 11.0. The lowest BCUT2D eigenvalue weighted by Crippen LogP contribution is -2.09. The third-order valence-electron chi connectivity index (χ3n) is 2.59. The number of carbonyl (C=O) groups is 1. The number of nitrogens with one attached hydrogen (secondary N) is 1. The van der Waals surface area contributed by atoms with Gasteiger partial charge in [0.2, 0.25) is 5.91 Å². The first kappa shape index (κ1) is 13.4. The molecule has 0 bridgehead atoms. The summed E-state index contributed by atoms with van der Waals surface area (Å²) in [6.07, 6.45) is 0. The van der Waals surface area contributed by atoms with Gasteiger partial charge in [0.15, 0.2) is 0 Å². The first-order valence-electron chi connectivity index (χ1n) is 5.43. The molecule has 0 spiro atoms. The van der Waals surface area contributed by atoms with Crippen LogP contribution in [-0.2, 0) is 6.54 Å². The van der Waals surface area contributed by atoms with Crippen molar-refractivity contribution in [1.82, 2.24) is 0 Å². The molecule has 0 aliphatic rings. The molecular formula is C13H13IN2OS. The van der Waals surface area contributed by atoms with Gasteiger partial charge in [0.25, 0.3) is 0 Å². The van der Waals surface area contributed by atoms with Crippen LogP contribution in [0.1, 0.15) is 20.8 Å². The summed E-state index contributed by atoms with van der Waals surface area (Å²) in [6, 6.07) is 8.12. The maximum atomic E-state index is 11.0. The third kappa shape index (κ3) is 3.23. The lowest BCUT2D eigenvalue weighted by atomic mass is 10.2. The van der Waals surface area contributed by atoms with Crippen molar-refractivity contribution in [3.05, 3.63) is 49.2 Å². The Hall–Kier alpha value is -1.08. The average Bonchev–Trinajstić information content (AvgIpc) is 2.79. The Morgan fingerprint density at radius 2 is 2.22 bits per heavy atom. The van der Waals surface area contributed by atoms with Crippen molar-refractivity contribution in [2.24, 2.45) is 5.73 Å². The summed E-state index contributed by atoms with van der Waals surface area (Å²) in [7, 11) is 0. The molecule has 0 radical (unpaired) electrons. The van der Waals surface area contributed by atoms with Crippen LogP contribution in [0.5, 0.6) is 0 Å². The number of nitrogens with two attached hydrogens (primary N) is 1. The number of carbonyl (C=O) groups excluding carboxylic acids is 1. The zero-order chi connectivity index (χ0) is 13.1. The number of rotatable bonds is 4. The van der Waals surface area contributed by atoms with Gasteiger partial charge >= 0.3 is 0 Å². The summed E-state index contributed by atoms with van der Waals surface area (Å²) < 4.78 is 1.20. The van der Waals surface area contributed by atoms with Crippen molar-refractivity contribution in [2.45, 2.75) is 13.5 Å². The molecule has 1 aromatic carbocycles. The Labute approximate surface area is 124 Å². The van der Waals surface area contributed by atoms with Gasteiger partial charge in [-0.1, -0.05) is 6.07 Å². The standard InChI is InChI=1S/C13H13IN2OS/c1-8-2-3-10(14)5-12(8)16-6-11-4-9(7-18-11)13(15)17/h2-5,7,16H,6H2,1H3,(H2,15,17). The topological polar surface area (TPSA) is 55.1 Å². The van der Waals surface area contributed by atoms with Crippen molar-refractivity contribution in [1.29, 1.82) is 0 Å². The minimum absolute atomic E-state index is 0.372. The molecule has 5 heteroatoms. The van der Waals surface area contributed by atoms with E-state index in [1.807, 2.05) is 6.07 Å². The Bertz CT molecular complexity index is 580. The number of hydrogen-bond donors (Lipinski definition) is 2. The lowest BCUT2D eigenvalue weighted by molar-refractivity contribution is 0.100. The molecule has 3 nitrogen and oxygen atoms in total. The summed E-state index contributed by atoms with van der Waals surface area (Å²) >= 11 is 3.83. The zero-order valence-electron chi connectivity index (χ0n) is 9.87. The highest BCUT2D eigenvalue weighted by Crippen LogP contribution is 2.21. The van der Waals surface area contributed by atoms with Crippen LogP contribution in [0.15, 0.2) is 29.6 Å². The Kier molecular flexibility index (Phi) is 4.23. The second kappa shape index (κ2) is 5.71. The largest absolute Gasteiger partial charge is 0.380 e. The first-order valence-corrected chi connectivity index (χ1v) is 7.39. The summed E-state index contributed by atoms with van der Waals surface area (Å²) in [4.78, 5) is 12.1. The van der Waals surface area contributed by atoms with Crippen LogP contribution < -0.4 is 11.1 Å². The van der Waals surface area contributed by atoms with Crippen LogP contribution in [0.2, 0.25) is 0 Å². The fourth-order valence-electron chi connectivity index (χ4n) is 1.57. The van der Waals surface area contributed by atoms with Gasteiger partial charge in [-0.3, -0.25) is 4.79 Å². The molecule has 18 heavy (non-hydrogen) atoms. The van der Waals surface area contributed by atoms with E-state index < -0.39 is 0 Å². The Balaban J connectivity index is 2.06. The molecule has 0 saturated heterocycles. The number of thiophene rings is 1. The molecule has 1 aromatic heterocycles. The highest BCUT2D eigenvalue weighted by atomic mass is 127. The number of aryl methyl sites for hydroxylation is 1. The molecule has 0 atom stereocenters. The van der Waals surface area contributed by atoms with Gasteiger partial charge < -0.3 is 11.1 Å². The SMILES string of the molecule is Cc1ccc(I)cc1NCc1cc(C(N)=O)cs1.